The van der Waals surface area contributed by atoms with E-state index in [-0.39, 0.29) is 5.04 Å². The minimum Gasteiger partial charge on any atom is -0.416 e. The van der Waals surface area contributed by atoms with E-state index in [4.69, 9.17) is 4.43 Å². The van der Waals surface area contributed by atoms with Crippen molar-refractivity contribution in [3.05, 3.63) is 53.6 Å². The molecule has 5 nitrogen and oxygen atoms in total. The second kappa shape index (κ2) is 8.20. The quantitative estimate of drug-likeness (QED) is 0.686. The summed E-state index contributed by atoms with van der Waals surface area (Å²) in [7, 11) is -1.82. The van der Waals surface area contributed by atoms with Gasteiger partial charge in [-0.3, -0.25) is 0 Å². The smallest absolute Gasteiger partial charge is 0.191 e. The molecule has 1 aromatic carbocycles. The number of imidazole rings is 1. The molecule has 2 aromatic rings. The molecule has 0 bridgehead atoms. The van der Waals surface area contributed by atoms with Crippen LogP contribution >= 0.6 is 0 Å². The number of nitrogens with zero attached hydrogens (tertiary/aromatic N) is 3. The molecule has 1 aromatic heterocycles. The van der Waals surface area contributed by atoms with Crippen LogP contribution < -0.4 is 0 Å². The molecule has 1 N–H and O–H groups in total. The van der Waals surface area contributed by atoms with E-state index >= 15 is 0 Å². The Bertz CT molecular complexity index is 838. The Kier molecular flexibility index (Phi) is 6.54. The number of benzene rings is 1. The zero-order chi connectivity index (χ0) is 21.2. The number of aliphatic hydroxyl groups is 1. The molecule has 1 heterocycles. The van der Waals surface area contributed by atoms with Gasteiger partial charge in [0.2, 0.25) is 0 Å². The predicted octanol–water partition coefficient (Wildman–Crippen LogP) is 4.68. The van der Waals surface area contributed by atoms with E-state index < -0.39 is 20.0 Å². The molecule has 0 radical (unpaired) electrons. The molecule has 0 aliphatic carbocycles. The molecule has 6 heteroatoms. The zero-order valence-electron chi connectivity index (χ0n) is 18.2. The summed E-state index contributed by atoms with van der Waals surface area (Å²) in [5.41, 5.74) is 1.27. The van der Waals surface area contributed by atoms with Crippen molar-refractivity contribution in [1.29, 1.82) is 5.26 Å². The summed E-state index contributed by atoms with van der Waals surface area (Å²) in [6.07, 6.45) is 4.26. The van der Waals surface area contributed by atoms with Crippen LogP contribution in [0.4, 0.5) is 0 Å². The summed E-state index contributed by atoms with van der Waals surface area (Å²) in [6, 6.07) is 9.25. The highest BCUT2D eigenvalue weighted by Crippen LogP contribution is 2.37. The fourth-order valence-corrected chi connectivity index (χ4v) is 4.14. The first-order valence-corrected chi connectivity index (χ1v) is 12.7. The third-order valence-corrected chi connectivity index (χ3v) is 10.2. The van der Waals surface area contributed by atoms with Crippen molar-refractivity contribution in [3.8, 4) is 6.07 Å². The second-order valence-corrected chi connectivity index (χ2v) is 14.2. The average Bonchev–Trinajstić information content (AvgIpc) is 3.01. The molecule has 0 saturated carbocycles. The Morgan fingerprint density at radius 1 is 1.21 bits per heavy atom. The summed E-state index contributed by atoms with van der Waals surface area (Å²) in [6.45, 7) is 15.3. The highest BCUT2D eigenvalue weighted by atomic mass is 28.4. The van der Waals surface area contributed by atoms with Crippen molar-refractivity contribution >= 4 is 8.32 Å². The Morgan fingerprint density at radius 2 is 1.86 bits per heavy atom. The van der Waals surface area contributed by atoms with Crippen LogP contribution in [0.3, 0.4) is 0 Å². The lowest BCUT2D eigenvalue weighted by Crippen LogP contribution is -2.41. The number of hydrogen-bond donors (Lipinski definition) is 1. The van der Waals surface area contributed by atoms with Gasteiger partial charge in [-0.2, -0.15) is 5.26 Å². The molecule has 0 fully saturated rings. The summed E-state index contributed by atoms with van der Waals surface area (Å²) in [4.78, 5) is 4.33. The third-order valence-electron chi connectivity index (χ3n) is 5.70. The lowest BCUT2D eigenvalue weighted by Gasteiger charge is -2.36. The lowest BCUT2D eigenvalue weighted by molar-refractivity contribution is 0.0377. The predicted molar refractivity (Wildman–Crippen MR) is 115 cm³/mol. The zero-order valence-corrected chi connectivity index (χ0v) is 19.2. The molecular weight excluding hydrogens is 366 g/mol. The summed E-state index contributed by atoms with van der Waals surface area (Å²) < 4.78 is 8.30. The molecule has 152 valence electrons. The van der Waals surface area contributed by atoms with Crippen LogP contribution in [0.1, 0.15) is 57.5 Å². The van der Waals surface area contributed by atoms with Crippen LogP contribution in [0, 0.1) is 11.3 Å². The Balaban J connectivity index is 2.32. The summed E-state index contributed by atoms with van der Waals surface area (Å²) in [5.74, 6) is 0. The number of aromatic nitrogens is 2. The number of hydrogen-bond acceptors (Lipinski definition) is 4. The lowest BCUT2D eigenvalue weighted by atomic mass is 9.88. The fourth-order valence-electron chi connectivity index (χ4n) is 3.09. The molecule has 28 heavy (non-hydrogen) atoms. The van der Waals surface area contributed by atoms with Crippen molar-refractivity contribution in [2.24, 2.45) is 0 Å². The van der Waals surface area contributed by atoms with Crippen molar-refractivity contribution in [3.63, 3.8) is 0 Å². The minimum atomic E-state index is -1.82. The summed E-state index contributed by atoms with van der Waals surface area (Å²) >= 11 is 0. The topological polar surface area (TPSA) is 71.1 Å². The van der Waals surface area contributed by atoms with E-state index in [1.165, 1.54) is 0 Å². The molecule has 2 rings (SSSR count). The van der Waals surface area contributed by atoms with Crippen LogP contribution in [0.5, 0.6) is 0 Å². The van der Waals surface area contributed by atoms with Crippen LogP contribution in [0.15, 0.2) is 36.8 Å². The van der Waals surface area contributed by atoms with Crippen molar-refractivity contribution < 1.29 is 9.53 Å². The molecule has 0 spiro atoms. The van der Waals surface area contributed by atoms with E-state index in [9.17, 15) is 10.4 Å². The molecule has 1 unspecified atom stereocenters. The van der Waals surface area contributed by atoms with Gasteiger partial charge in [0.1, 0.15) is 0 Å². The third kappa shape index (κ3) is 4.91. The van der Waals surface area contributed by atoms with E-state index in [2.05, 4.69) is 44.9 Å². The van der Waals surface area contributed by atoms with Gasteiger partial charge in [-0.05, 0) is 43.6 Å². The van der Waals surface area contributed by atoms with E-state index in [1.807, 2.05) is 29.0 Å². The van der Waals surface area contributed by atoms with Gasteiger partial charge in [-0.1, -0.05) is 39.0 Å². The molecule has 0 saturated heterocycles. The van der Waals surface area contributed by atoms with Gasteiger partial charge < -0.3 is 14.1 Å². The maximum absolute atomic E-state index is 10.9. The molecule has 0 amide bonds. The van der Waals surface area contributed by atoms with Gasteiger partial charge in [0, 0.05) is 24.9 Å². The van der Waals surface area contributed by atoms with Gasteiger partial charge in [-0.15, -0.1) is 0 Å². The van der Waals surface area contributed by atoms with Gasteiger partial charge in [0.05, 0.1) is 29.6 Å². The Labute approximate surface area is 170 Å². The maximum atomic E-state index is 10.9. The highest BCUT2D eigenvalue weighted by molar-refractivity contribution is 6.74. The van der Waals surface area contributed by atoms with Gasteiger partial charge in [-0.25, -0.2) is 4.98 Å². The van der Waals surface area contributed by atoms with E-state index in [0.29, 0.717) is 18.6 Å². The largest absolute Gasteiger partial charge is 0.416 e. The standard InChI is InChI=1S/C22H33N3O2Si/c1-21(2,3)28(6,7)27-13-12-18-15-24-16-25(18)20(22(4,5)26)19-11-9-8-10-17(19)14-23/h8-11,15-16,20,26H,12-13H2,1-7H3. The first-order valence-electron chi connectivity index (χ1n) is 9.74. The van der Waals surface area contributed by atoms with Crippen LogP contribution in [0.25, 0.3) is 0 Å². The molecule has 1 atom stereocenters. The van der Waals surface area contributed by atoms with E-state index in [0.717, 1.165) is 11.3 Å². The fraction of sp³-hybridized carbons (Fsp3) is 0.545. The van der Waals surface area contributed by atoms with Crippen LogP contribution in [0.2, 0.25) is 18.1 Å². The van der Waals surface area contributed by atoms with Gasteiger partial charge in [0.25, 0.3) is 0 Å². The minimum absolute atomic E-state index is 0.161. The second-order valence-electron chi connectivity index (χ2n) is 9.41. The first kappa shape index (κ1) is 22.3. The maximum Gasteiger partial charge on any atom is 0.191 e. The van der Waals surface area contributed by atoms with Crippen LogP contribution in [-0.4, -0.2) is 35.2 Å². The van der Waals surface area contributed by atoms with Crippen molar-refractivity contribution in [2.45, 2.75) is 70.8 Å². The van der Waals surface area contributed by atoms with Crippen molar-refractivity contribution in [1.82, 2.24) is 9.55 Å². The number of nitriles is 1. The normalized spacial score (nSPS) is 14.0. The molecule has 0 aliphatic rings. The van der Waals surface area contributed by atoms with Crippen molar-refractivity contribution in [2.75, 3.05) is 6.61 Å². The molecular formula is C22H33N3O2Si. The first-order chi connectivity index (χ1) is 12.9. The van der Waals surface area contributed by atoms with Gasteiger partial charge >= 0.3 is 0 Å². The average molecular weight is 400 g/mol. The Morgan fingerprint density at radius 3 is 2.43 bits per heavy atom. The summed E-state index contributed by atoms with van der Waals surface area (Å²) in [5, 5.41) is 20.6. The highest BCUT2D eigenvalue weighted by Gasteiger charge is 2.37. The monoisotopic (exact) mass is 399 g/mol. The SMILES string of the molecule is CC(C)(O)C(c1ccccc1C#N)n1cncc1CCO[Si](C)(C)C(C)(C)C. The Hall–Kier alpha value is -1.94. The van der Waals surface area contributed by atoms with E-state index in [1.54, 1.807) is 26.2 Å². The number of rotatable bonds is 7. The van der Waals surface area contributed by atoms with Crippen LogP contribution in [-0.2, 0) is 10.8 Å². The molecule has 0 aliphatic heterocycles. The van der Waals surface area contributed by atoms with Gasteiger partial charge in [0.15, 0.2) is 8.32 Å².